The predicted molar refractivity (Wildman–Crippen MR) is 81.3 cm³/mol. The van der Waals surface area contributed by atoms with E-state index in [2.05, 4.69) is 21.0 Å². The highest BCUT2D eigenvalue weighted by Crippen LogP contribution is 2.22. The van der Waals surface area contributed by atoms with E-state index in [1.165, 1.54) is 0 Å². The van der Waals surface area contributed by atoms with E-state index in [1.807, 2.05) is 39.1 Å². The SMILES string of the molecule is CCOc1cccc(C(=O)Cc2c(Br)c(C)nn2C)c1. The third kappa shape index (κ3) is 3.10. The smallest absolute Gasteiger partial charge is 0.168 e. The fourth-order valence-electron chi connectivity index (χ4n) is 2.05. The van der Waals surface area contributed by atoms with E-state index in [0.717, 1.165) is 21.6 Å². The Morgan fingerprint density at radius 3 is 2.80 bits per heavy atom. The molecule has 0 atom stereocenters. The Kier molecular flexibility index (Phi) is 4.60. The highest BCUT2D eigenvalue weighted by molar-refractivity contribution is 9.10. The van der Waals surface area contributed by atoms with Crippen molar-refractivity contribution in [2.75, 3.05) is 6.61 Å². The molecule has 0 N–H and O–H groups in total. The van der Waals surface area contributed by atoms with Crippen molar-refractivity contribution in [2.24, 2.45) is 7.05 Å². The minimum absolute atomic E-state index is 0.0512. The molecule has 1 aromatic carbocycles. The lowest BCUT2D eigenvalue weighted by atomic mass is 10.1. The molecule has 0 saturated carbocycles. The summed E-state index contributed by atoms with van der Waals surface area (Å²) < 4.78 is 8.06. The number of nitrogens with zero attached hydrogens (tertiary/aromatic N) is 2. The molecule has 0 aliphatic heterocycles. The highest BCUT2D eigenvalue weighted by atomic mass is 79.9. The molecule has 106 valence electrons. The van der Waals surface area contributed by atoms with Crippen molar-refractivity contribution in [1.82, 2.24) is 9.78 Å². The molecule has 4 nitrogen and oxygen atoms in total. The maximum atomic E-state index is 12.4. The van der Waals surface area contributed by atoms with Crippen molar-refractivity contribution in [3.05, 3.63) is 45.7 Å². The van der Waals surface area contributed by atoms with Crippen LogP contribution in [0.1, 0.15) is 28.7 Å². The molecule has 0 fully saturated rings. The summed E-state index contributed by atoms with van der Waals surface area (Å²) in [4.78, 5) is 12.4. The van der Waals surface area contributed by atoms with Crippen molar-refractivity contribution < 1.29 is 9.53 Å². The predicted octanol–water partition coefficient (Wildman–Crippen LogP) is 3.32. The molecule has 0 unspecified atom stereocenters. The van der Waals surface area contributed by atoms with Gasteiger partial charge in [0.2, 0.25) is 0 Å². The van der Waals surface area contributed by atoms with Gasteiger partial charge in [0.1, 0.15) is 5.75 Å². The molecule has 5 heteroatoms. The van der Waals surface area contributed by atoms with Crippen LogP contribution >= 0.6 is 15.9 Å². The van der Waals surface area contributed by atoms with Crippen LogP contribution in [0.25, 0.3) is 0 Å². The quantitative estimate of drug-likeness (QED) is 0.786. The van der Waals surface area contributed by atoms with Crippen LogP contribution in [0.2, 0.25) is 0 Å². The van der Waals surface area contributed by atoms with Gasteiger partial charge in [0.25, 0.3) is 0 Å². The summed E-state index contributed by atoms with van der Waals surface area (Å²) in [6.07, 6.45) is 0.313. The number of rotatable bonds is 5. The Morgan fingerprint density at radius 1 is 1.45 bits per heavy atom. The Balaban J connectivity index is 2.21. The topological polar surface area (TPSA) is 44.1 Å². The van der Waals surface area contributed by atoms with Crippen molar-refractivity contribution in [3.8, 4) is 5.75 Å². The number of aromatic nitrogens is 2. The Hall–Kier alpha value is -1.62. The second-order valence-corrected chi connectivity index (χ2v) is 5.32. The van der Waals surface area contributed by atoms with Gasteiger partial charge in [0.15, 0.2) is 5.78 Å². The summed E-state index contributed by atoms with van der Waals surface area (Å²) in [7, 11) is 1.84. The molecular formula is C15H17BrN2O2. The monoisotopic (exact) mass is 336 g/mol. The molecule has 20 heavy (non-hydrogen) atoms. The number of carbonyl (C=O) groups excluding carboxylic acids is 1. The van der Waals surface area contributed by atoms with E-state index >= 15 is 0 Å². The standard InChI is InChI=1S/C15H17BrN2O2/c1-4-20-12-7-5-6-11(8-12)14(19)9-13-15(16)10(2)17-18(13)3/h5-8H,4,9H2,1-3H3. The Bertz CT molecular complexity index is 635. The van der Waals surface area contributed by atoms with Crippen LogP contribution < -0.4 is 4.74 Å². The number of hydrogen-bond acceptors (Lipinski definition) is 3. The molecule has 0 aliphatic carbocycles. The minimum Gasteiger partial charge on any atom is -0.494 e. The largest absolute Gasteiger partial charge is 0.494 e. The van der Waals surface area contributed by atoms with E-state index in [9.17, 15) is 4.79 Å². The molecule has 0 bridgehead atoms. The maximum Gasteiger partial charge on any atom is 0.168 e. The fraction of sp³-hybridized carbons (Fsp3) is 0.333. The number of carbonyl (C=O) groups is 1. The first-order valence-electron chi connectivity index (χ1n) is 6.47. The van der Waals surface area contributed by atoms with Gasteiger partial charge in [-0.05, 0) is 41.9 Å². The molecule has 2 aromatic rings. The van der Waals surface area contributed by atoms with Crippen LogP contribution in [-0.2, 0) is 13.5 Å². The van der Waals surface area contributed by atoms with Gasteiger partial charge >= 0.3 is 0 Å². The summed E-state index contributed by atoms with van der Waals surface area (Å²) in [5.74, 6) is 0.772. The lowest BCUT2D eigenvalue weighted by Gasteiger charge is -2.06. The van der Waals surface area contributed by atoms with Crippen molar-refractivity contribution in [2.45, 2.75) is 20.3 Å². The third-order valence-electron chi connectivity index (χ3n) is 3.06. The van der Waals surface area contributed by atoms with Gasteiger partial charge < -0.3 is 4.74 Å². The first-order chi connectivity index (χ1) is 9.52. The van der Waals surface area contributed by atoms with Crippen molar-refractivity contribution >= 4 is 21.7 Å². The van der Waals surface area contributed by atoms with Gasteiger partial charge in [-0.1, -0.05) is 12.1 Å². The van der Waals surface area contributed by atoms with Crippen LogP contribution in [0.4, 0.5) is 0 Å². The average Bonchev–Trinajstić information content (AvgIpc) is 2.66. The van der Waals surface area contributed by atoms with Gasteiger partial charge in [0, 0.05) is 12.6 Å². The number of hydrogen-bond donors (Lipinski definition) is 0. The van der Waals surface area contributed by atoms with E-state index in [1.54, 1.807) is 10.7 Å². The first-order valence-corrected chi connectivity index (χ1v) is 7.26. The summed E-state index contributed by atoms with van der Waals surface area (Å²) in [6.45, 7) is 4.42. The number of aryl methyl sites for hydroxylation is 2. The molecule has 0 saturated heterocycles. The van der Waals surface area contributed by atoms with E-state index < -0.39 is 0 Å². The normalized spacial score (nSPS) is 10.6. The summed E-state index contributed by atoms with van der Waals surface area (Å²) in [5.41, 5.74) is 2.43. The highest BCUT2D eigenvalue weighted by Gasteiger charge is 2.16. The third-order valence-corrected chi connectivity index (χ3v) is 4.09. The molecular weight excluding hydrogens is 320 g/mol. The lowest BCUT2D eigenvalue weighted by Crippen LogP contribution is -2.08. The zero-order chi connectivity index (χ0) is 14.7. The van der Waals surface area contributed by atoms with Crippen LogP contribution in [0.5, 0.6) is 5.75 Å². The minimum atomic E-state index is 0.0512. The molecule has 0 radical (unpaired) electrons. The zero-order valence-corrected chi connectivity index (χ0v) is 13.4. The van der Waals surface area contributed by atoms with Gasteiger partial charge in [-0.25, -0.2) is 0 Å². The number of ether oxygens (including phenoxy) is 1. The maximum absolute atomic E-state index is 12.4. The average molecular weight is 337 g/mol. The molecule has 0 spiro atoms. The number of ketones is 1. The second kappa shape index (κ2) is 6.22. The molecule has 1 heterocycles. The first kappa shape index (κ1) is 14.8. The van der Waals surface area contributed by atoms with E-state index in [0.29, 0.717) is 18.6 Å². The van der Waals surface area contributed by atoms with Crippen LogP contribution in [0, 0.1) is 6.92 Å². The summed E-state index contributed by atoms with van der Waals surface area (Å²) in [5, 5.41) is 4.30. The molecule has 2 rings (SSSR count). The molecule has 0 amide bonds. The summed E-state index contributed by atoms with van der Waals surface area (Å²) in [6, 6.07) is 7.27. The van der Waals surface area contributed by atoms with Gasteiger partial charge in [0.05, 0.1) is 28.9 Å². The number of halogens is 1. The zero-order valence-electron chi connectivity index (χ0n) is 11.8. The second-order valence-electron chi connectivity index (χ2n) is 4.53. The lowest BCUT2D eigenvalue weighted by molar-refractivity contribution is 0.0990. The van der Waals surface area contributed by atoms with E-state index in [-0.39, 0.29) is 5.78 Å². The van der Waals surface area contributed by atoms with Crippen LogP contribution in [0.3, 0.4) is 0 Å². The van der Waals surface area contributed by atoms with Gasteiger partial charge in [-0.15, -0.1) is 0 Å². The number of Topliss-reactive ketones (excluding diaryl/α,β-unsaturated/α-hetero) is 1. The number of benzene rings is 1. The Labute approximate surface area is 126 Å². The van der Waals surface area contributed by atoms with E-state index in [4.69, 9.17) is 4.74 Å². The van der Waals surface area contributed by atoms with Crippen molar-refractivity contribution in [1.29, 1.82) is 0 Å². The summed E-state index contributed by atoms with van der Waals surface area (Å²) >= 11 is 3.48. The van der Waals surface area contributed by atoms with Gasteiger partial charge in [-0.3, -0.25) is 9.48 Å². The van der Waals surface area contributed by atoms with Crippen LogP contribution in [0.15, 0.2) is 28.7 Å². The van der Waals surface area contributed by atoms with Gasteiger partial charge in [-0.2, -0.15) is 5.10 Å². The molecule has 0 aliphatic rings. The van der Waals surface area contributed by atoms with Crippen molar-refractivity contribution in [3.63, 3.8) is 0 Å². The Morgan fingerprint density at radius 2 is 2.20 bits per heavy atom. The fourth-order valence-corrected chi connectivity index (χ4v) is 2.53. The van der Waals surface area contributed by atoms with Crippen LogP contribution in [-0.4, -0.2) is 22.2 Å². The molecule has 1 aromatic heterocycles.